The van der Waals surface area contributed by atoms with Gasteiger partial charge in [-0.05, 0) is 25.0 Å². The summed E-state index contributed by atoms with van der Waals surface area (Å²) in [4.78, 5) is 2.04. The maximum absolute atomic E-state index is 10.9. The quantitative estimate of drug-likeness (QED) is 0.411. The van der Waals surface area contributed by atoms with Gasteiger partial charge in [-0.25, -0.2) is 0 Å². The lowest BCUT2D eigenvalue weighted by Gasteiger charge is -2.24. The van der Waals surface area contributed by atoms with Crippen molar-refractivity contribution in [2.24, 2.45) is 0 Å². The molecule has 0 spiro atoms. The summed E-state index contributed by atoms with van der Waals surface area (Å²) in [6.07, 6.45) is 3.11. The number of hydrogen-bond donors (Lipinski definition) is 0. The summed E-state index contributed by atoms with van der Waals surface area (Å²) >= 11 is 0. The van der Waals surface area contributed by atoms with Gasteiger partial charge >= 0.3 is 0 Å². The van der Waals surface area contributed by atoms with Gasteiger partial charge in [0.05, 0.1) is 25.7 Å². The Hall–Kier alpha value is -0.870. The number of anilines is 1. The molecule has 0 radical (unpaired) electrons. The molecule has 7 nitrogen and oxygen atoms in total. The van der Waals surface area contributed by atoms with Crippen molar-refractivity contribution in [3.63, 3.8) is 0 Å². The van der Waals surface area contributed by atoms with E-state index in [2.05, 4.69) is 0 Å². The molecule has 0 aliphatic heterocycles. The summed E-state index contributed by atoms with van der Waals surface area (Å²) in [6, 6.07) is 9.59. The van der Waals surface area contributed by atoms with Gasteiger partial charge in [0.25, 0.3) is 20.2 Å². The molecule has 0 amide bonds. The summed E-state index contributed by atoms with van der Waals surface area (Å²) < 4.78 is 53.2. The molecule has 0 aliphatic carbocycles. The van der Waals surface area contributed by atoms with Crippen LogP contribution in [0.1, 0.15) is 12.8 Å². The molecule has 0 heterocycles. The first-order chi connectivity index (χ1) is 10.7. The highest BCUT2D eigenvalue weighted by Crippen LogP contribution is 2.14. The molecule has 0 saturated carbocycles. The van der Waals surface area contributed by atoms with Gasteiger partial charge in [0.2, 0.25) is 0 Å². The molecule has 0 unspecified atom stereocenters. The number of benzene rings is 1. The molecule has 0 bridgehead atoms. The minimum atomic E-state index is -3.43. The van der Waals surface area contributed by atoms with E-state index in [0.717, 1.165) is 18.2 Å². The first-order valence-corrected chi connectivity index (χ1v) is 10.8. The molecule has 1 aromatic carbocycles. The van der Waals surface area contributed by atoms with Gasteiger partial charge in [-0.2, -0.15) is 16.8 Å². The average Bonchev–Trinajstić information content (AvgIpc) is 2.44. The maximum Gasteiger partial charge on any atom is 0.264 e. The third-order valence-electron chi connectivity index (χ3n) is 2.86. The topological polar surface area (TPSA) is 90.0 Å². The molecular weight excluding hydrogens is 378 g/mol. The molecule has 0 atom stereocenters. The highest BCUT2D eigenvalue weighted by Gasteiger charge is 2.08. The second-order valence-corrected chi connectivity index (χ2v) is 8.37. The third kappa shape index (κ3) is 11.6. The van der Waals surface area contributed by atoms with Crippen molar-refractivity contribution in [3.8, 4) is 0 Å². The van der Waals surface area contributed by atoms with Crippen LogP contribution in [0, 0.1) is 0 Å². The maximum atomic E-state index is 10.9. The Kier molecular flexibility index (Phi) is 10.5. The predicted molar refractivity (Wildman–Crippen MR) is 96.7 cm³/mol. The zero-order valence-corrected chi connectivity index (χ0v) is 16.2. The monoisotopic (exact) mass is 401 g/mol. The highest BCUT2D eigenvalue weighted by atomic mass is 35.5. The van der Waals surface area contributed by atoms with Crippen molar-refractivity contribution < 1.29 is 25.2 Å². The number of rotatable bonds is 11. The lowest BCUT2D eigenvalue weighted by atomic mass is 10.2. The van der Waals surface area contributed by atoms with Crippen molar-refractivity contribution >= 4 is 38.3 Å². The Bertz CT molecular complexity index is 624. The zero-order valence-electron chi connectivity index (χ0n) is 13.8. The number of hydrogen-bond acceptors (Lipinski definition) is 7. The van der Waals surface area contributed by atoms with Gasteiger partial charge in [-0.3, -0.25) is 8.37 Å². The summed E-state index contributed by atoms with van der Waals surface area (Å²) in [5.74, 6) is 0. The van der Waals surface area contributed by atoms with E-state index in [1.165, 1.54) is 0 Å². The van der Waals surface area contributed by atoms with Gasteiger partial charge in [-0.15, -0.1) is 12.4 Å². The normalized spacial score (nSPS) is 11.8. The highest BCUT2D eigenvalue weighted by molar-refractivity contribution is 7.86. The van der Waals surface area contributed by atoms with E-state index in [9.17, 15) is 16.8 Å². The lowest BCUT2D eigenvalue weighted by molar-refractivity contribution is 0.310. The fourth-order valence-corrected chi connectivity index (χ4v) is 2.78. The van der Waals surface area contributed by atoms with E-state index in [0.29, 0.717) is 25.9 Å². The fourth-order valence-electron chi connectivity index (χ4n) is 1.94. The molecule has 1 aromatic rings. The molecule has 0 saturated heterocycles. The van der Waals surface area contributed by atoms with Gasteiger partial charge in [0.1, 0.15) is 0 Å². The smallest absolute Gasteiger partial charge is 0.264 e. The fraction of sp³-hybridized carbons (Fsp3) is 0.571. The Labute approximate surface area is 150 Å². The van der Waals surface area contributed by atoms with Crippen LogP contribution in [0.2, 0.25) is 0 Å². The Balaban J connectivity index is 0.00000529. The summed E-state index contributed by atoms with van der Waals surface area (Å²) in [6.45, 7) is 1.42. The van der Waals surface area contributed by atoms with E-state index in [4.69, 9.17) is 8.37 Å². The summed E-state index contributed by atoms with van der Waals surface area (Å²) in [5.41, 5.74) is 0.978. The SMILES string of the molecule is CS(=O)(=O)OCCCN(CCCOS(C)(=O)=O)c1ccccc1.Cl. The minimum absolute atomic E-state index is 0. The van der Waals surface area contributed by atoms with E-state index in [-0.39, 0.29) is 25.6 Å². The zero-order chi connectivity index (χ0) is 17.3. The molecule has 1 rings (SSSR count). The molecule has 24 heavy (non-hydrogen) atoms. The van der Waals surface area contributed by atoms with E-state index < -0.39 is 20.2 Å². The van der Waals surface area contributed by atoms with Crippen molar-refractivity contribution in [2.45, 2.75) is 12.8 Å². The first kappa shape index (κ1) is 23.1. The lowest BCUT2D eigenvalue weighted by Crippen LogP contribution is -2.27. The van der Waals surface area contributed by atoms with Crippen LogP contribution in [0.15, 0.2) is 30.3 Å². The van der Waals surface area contributed by atoms with Crippen LogP contribution in [-0.4, -0.2) is 55.7 Å². The second-order valence-electron chi connectivity index (χ2n) is 5.08. The molecule has 0 aromatic heterocycles. The molecule has 0 fully saturated rings. The van der Waals surface area contributed by atoms with Crippen molar-refractivity contribution in [1.82, 2.24) is 0 Å². The van der Waals surface area contributed by atoms with Crippen LogP contribution >= 0.6 is 12.4 Å². The van der Waals surface area contributed by atoms with Crippen LogP contribution < -0.4 is 4.90 Å². The number of para-hydroxylation sites is 1. The number of nitrogens with zero attached hydrogens (tertiary/aromatic N) is 1. The van der Waals surface area contributed by atoms with Crippen LogP contribution in [0.4, 0.5) is 5.69 Å². The number of halogens is 1. The van der Waals surface area contributed by atoms with Gasteiger partial charge < -0.3 is 4.90 Å². The largest absolute Gasteiger partial charge is 0.371 e. The molecule has 0 N–H and O–H groups in total. The molecular formula is C14H24ClNO6S2. The van der Waals surface area contributed by atoms with Gasteiger partial charge in [0.15, 0.2) is 0 Å². The van der Waals surface area contributed by atoms with E-state index >= 15 is 0 Å². The Morgan fingerprint density at radius 3 is 1.62 bits per heavy atom. The van der Waals surface area contributed by atoms with Crippen molar-refractivity contribution in [2.75, 3.05) is 43.7 Å². The predicted octanol–water partition coefficient (Wildman–Crippen LogP) is 1.65. The van der Waals surface area contributed by atoms with Crippen molar-refractivity contribution in [3.05, 3.63) is 30.3 Å². The van der Waals surface area contributed by atoms with E-state index in [1.807, 2.05) is 35.2 Å². The van der Waals surface area contributed by atoms with Crippen LogP contribution in [0.3, 0.4) is 0 Å². The summed E-state index contributed by atoms with van der Waals surface area (Å²) in [7, 11) is -6.86. The van der Waals surface area contributed by atoms with Crippen LogP contribution in [-0.2, 0) is 28.6 Å². The summed E-state index contributed by atoms with van der Waals surface area (Å²) in [5, 5.41) is 0. The Morgan fingerprint density at radius 1 is 0.833 bits per heavy atom. The van der Waals surface area contributed by atoms with Crippen LogP contribution in [0.5, 0.6) is 0 Å². The Morgan fingerprint density at radius 2 is 1.25 bits per heavy atom. The van der Waals surface area contributed by atoms with E-state index in [1.54, 1.807) is 0 Å². The second kappa shape index (κ2) is 10.9. The first-order valence-electron chi connectivity index (χ1n) is 7.16. The van der Waals surface area contributed by atoms with Crippen molar-refractivity contribution in [1.29, 1.82) is 0 Å². The van der Waals surface area contributed by atoms with Gasteiger partial charge in [0, 0.05) is 18.8 Å². The van der Waals surface area contributed by atoms with Crippen LogP contribution in [0.25, 0.3) is 0 Å². The average molecular weight is 402 g/mol. The molecule has 140 valence electrons. The molecule has 0 aliphatic rings. The third-order valence-corrected chi connectivity index (χ3v) is 4.05. The minimum Gasteiger partial charge on any atom is -0.371 e. The van der Waals surface area contributed by atoms with Gasteiger partial charge in [-0.1, -0.05) is 18.2 Å². The standard InChI is InChI=1S/C14H23NO6S2.ClH/c1-22(16,17)20-12-6-10-15(14-8-4-3-5-9-14)11-7-13-21-23(2,18)19;/h3-5,8-9H,6-7,10-13H2,1-2H3;1H. The molecule has 10 heteroatoms.